The van der Waals surface area contributed by atoms with E-state index in [0.29, 0.717) is 41.0 Å². The van der Waals surface area contributed by atoms with Gasteiger partial charge in [0.1, 0.15) is 13.2 Å². The zero-order valence-electron chi connectivity index (χ0n) is 17.5. The average molecular weight is 483 g/mol. The van der Waals surface area contributed by atoms with Gasteiger partial charge in [-0.1, -0.05) is 41.4 Å². The van der Waals surface area contributed by atoms with E-state index in [1.165, 1.54) is 12.1 Å². The number of hydrogen-bond donors (Lipinski definition) is 1. The summed E-state index contributed by atoms with van der Waals surface area (Å²) in [6, 6.07) is 18.9. The molecule has 0 amide bonds. The van der Waals surface area contributed by atoms with E-state index in [1.807, 2.05) is 31.2 Å². The minimum absolute atomic E-state index is 0.0105. The number of benzene rings is 3. The number of fused-ring (bicyclic) bond motifs is 1. The molecule has 9 heteroatoms. The summed E-state index contributed by atoms with van der Waals surface area (Å²) in [4.78, 5) is 4.35. The van der Waals surface area contributed by atoms with Crippen molar-refractivity contribution < 1.29 is 22.3 Å². The van der Waals surface area contributed by atoms with Gasteiger partial charge >= 0.3 is 0 Å². The van der Waals surface area contributed by atoms with E-state index in [0.717, 1.165) is 5.56 Å². The van der Waals surface area contributed by atoms with Crippen LogP contribution in [0.4, 0.5) is 11.6 Å². The number of sulfone groups is 1. The molecule has 0 fully saturated rings. The van der Waals surface area contributed by atoms with Crippen molar-refractivity contribution in [3.05, 3.63) is 77.3 Å². The van der Waals surface area contributed by atoms with E-state index in [1.54, 1.807) is 30.3 Å². The second kappa shape index (κ2) is 8.46. The number of anilines is 2. The van der Waals surface area contributed by atoms with Gasteiger partial charge < -0.3 is 19.2 Å². The van der Waals surface area contributed by atoms with Gasteiger partial charge in [-0.25, -0.2) is 8.42 Å². The second-order valence-electron chi connectivity index (χ2n) is 7.43. The molecule has 0 saturated heterocycles. The largest absolute Gasteiger partial charge is 0.486 e. The van der Waals surface area contributed by atoms with Gasteiger partial charge in [-0.15, -0.1) is 0 Å². The normalized spacial score (nSPS) is 13.0. The third-order valence-electron chi connectivity index (χ3n) is 5.09. The lowest BCUT2D eigenvalue weighted by Gasteiger charge is -2.18. The molecule has 168 valence electrons. The summed E-state index contributed by atoms with van der Waals surface area (Å²) in [5.74, 6) is 0.940. The summed E-state index contributed by atoms with van der Waals surface area (Å²) < 4.78 is 44.2. The third kappa shape index (κ3) is 4.15. The third-order valence-corrected chi connectivity index (χ3v) is 7.08. The highest BCUT2D eigenvalue weighted by atomic mass is 35.5. The van der Waals surface area contributed by atoms with Crippen molar-refractivity contribution in [2.24, 2.45) is 0 Å². The maximum atomic E-state index is 13.6. The Morgan fingerprint density at radius 2 is 1.67 bits per heavy atom. The molecule has 7 nitrogen and oxygen atoms in total. The molecule has 0 bridgehead atoms. The molecule has 0 saturated carbocycles. The molecule has 0 aliphatic carbocycles. The van der Waals surface area contributed by atoms with E-state index in [-0.39, 0.29) is 21.7 Å². The lowest BCUT2D eigenvalue weighted by Crippen LogP contribution is -2.16. The van der Waals surface area contributed by atoms with Crippen molar-refractivity contribution in [1.29, 1.82) is 0 Å². The van der Waals surface area contributed by atoms with E-state index >= 15 is 0 Å². The molecular weight excluding hydrogens is 464 g/mol. The van der Waals surface area contributed by atoms with E-state index < -0.39 is 9.84 Å². The van der Waals surface area contributed by atoms with Crippen molar-refractivity contribution in [3.63, 3.8) is 0 Å². The first-order valence-corrected chi connectivity index (χ1v) is 12.0. The summed E-state index contributed by atoms with van der Waals surface area (Å²) in [5.41, 5.74) is 2.20. The van der Waals surface area contributed by atoms with Crippen LogP contribution in [0.5, 0.6) is 11.5 Å². The molecule has 0 radical (unpaired) electrons. The minimum Gasteiger partial charge on any atom is -0.486 e. The molecule has 1 aromatic heterocycles. The smallest absolute Gasteiger partial charge is 0.238 e. The summed E-state index contributed by atoms with van der Waals surface area (Å²) >= 11 is 6.31. The van der Waals surface area contributed by atoms with Gasteiger partial charge in [0.2, 0.25) is 26.6 Å². The molecule has 1 N–H and O–H groups in total. The number of nitrogens with zero attached hydrogens (tertiary/aromatic N) is 1. The van der Waals surface area contributed by atoms with Gasteiger partial charge in [-0.3, -0.25) is 0 Å². The molecule has 33 heavy (non-hydrogen) atoms. The molecule has 2 heterocycles. The Kier molecular flexibility index (Phi) is 5.47. The molecular formula is C24H19ClN2O5S. The first-order chi connectivity index (χ1) is 15.9. The van der Waals surface area contributed by atoms with Crippen molar-refractivity contribution in [2.45, 2.75) is 16.8 Å². The Hall–Kier alpha value is -3.49. The molecule has 0 spiro atoms. The van der Waals surface area contributed by atoms with Crippen LogP contribution in [-0.4, -0.2) is 26.6 Å². The highest BCUT2D eigenvalue weighted by Gasteiger charge is 2.30. The van der Waals surface area contributed by atoms with Crippen LogP contribution in [0.3, 0.4) is 0 Å². The number of hydrogen-bond acceptors (Lipinski definition) is 7. The van der Waals surface area contributed by atoms with Gasteiger partial charge in [-0.2, -0.15) is 4.98 Å². The van der Waals surface area contributed by atoms with Crippen molar-refractivity contribution in [1.82, 2.24) is 4.98 Å². The van der Waals surface area contributed by atoms with Crippen molar-refractivity contribution in [2.75, 3.05) is 18.5 Å². The lowest BCUT2D eigenvalue weighted by atomic mass is 10.2. The second-order valence-corrected chi connectivity index (χ2v) is 9.71. The molecule has 5 rings (SSSR count). The molecule has 0 atom stereocenters. The minimum atomic E-state index is -4.08. The van der Waals surface area contributed by atoms with Crippen molar-refractivity contribution in [3.8, 4) is 23.0 Å². The number of aryl methyl sites for hydroxylation is 1. The van der Waals surface area contributed by atoms with Crippen LogP contribution in [0.15, 0.2) is 81.1 Å². The number of oxazole rings is 1. The SMILES string of the molecule is Cc1ccc(Nc2oc(-c3ccccc3Cl)nc2S(=O)(=O)c2ccc3c(c2)OCCO3)cc1. The molecule has 1 aliphatic rings. The van der Waals surface area contributed by atoms with Crippen LogP contribution in [0, 0.1) is 6.92 Å². The number of rotatable bonds is 5. The summed E-state index contributed by atoms with van der Waals surface area (Å²) in [7, 11) is -4.08. The lowest BCUT2D eigenvalue weighted by molar-refractivity contribution is 0.171. The first kappa shape index (κ1) is 21.4. The van der Waals surface area contributed by atoms with Crippen LogP contribution >= 0.6 is 11.6 Å². The fraction of sp³-hybridized carbons (Fsp3) is 0.125. The van der Waals surface area contributed by atoms with Crippen molar-refractivity contribution >= 4 is 33.0 Å². The summed E-state index contributed by atoms with van der Waals surface area (Å²) in [5, 5.41) is 3.18. The highest BCUT2D eigenvalue weighted by Crippen LogP contribution is 2.39. The quantitative estimate of drug-likeness (QED) is 0.393. The number of ether oxygens (including phenoxy) is 2. The Morgan fingerprint density at radius 3 is 2.42 bits per heavy atom. The van der Waals surface area contributed by atoms with Crippen LogP contribution in [0.25, 0.3) is 11.5 Å². The van der Waals surface area contributed by atoms with E-state index in [9.17, 15) is 8.42 Å². The van der Waals surface area contributed by atoms with Gasteiger partial charge in [0.25, 0.3) is 0 Å². The fourth-order valence-electron chi connectivity index (χ4n) is 3.39. The Morgan fingerprint density at radius 1 is 0.939 bits per heavy atom. The maximum absolute atomic E-state index is 13.6. The number of halogens is 1. The maximum Gasteiger partial charge on any atom is 0.238 e. The van der Waals surface area contributed by atoms with Gasteiger partial charge in [0.15, 0.2) is 11.5 Å². The van der Waals surface area contributed by atoms with Crippen LogP contribution in [-0.2, 0) is 9.84 Å². The summed E-state index contributed by atoms with van der Waals surface area (Å²) in [6.45, 7) is 2.72. The Balaban J connectivity index is 1.63. The number of aromatic nitrogens is 1. The number of nitrogens with one attached hydrogen (secondary N) is 1. The summed E-state index contributed by atoms with van der Waals surface area (Å²) in [6.07, 6.45) is 0. The Bertz CT molecular complexity index is 1430. The predicted octanol–water partition coefficient (Wildman–Crippen LogP) is 5.65. The molecule has 3 aromatic carbocycles. The standard InChI is InChI=1S/C24H19ClN2O5S/c1-15-6-8-16(9-7-15)26-23-24(27-22(32-23)18-4-2-3-5-19(18)25)33(28,29)17-10-11-20-21(14-17)31-13-12-30-20/h2-11,14,26H,12-13H2,1H3. The van der Waals surface area contributed by atoms with Crippen LogP contribution < -0.4 is 14.8 Å². The first-order valence-electron chi connectivity index (χ1n) is 10.2. The van der Waals surface area contributed by atoms with Crippen LogP contribution in [0.2, 0.25) is 5.02 Å². The fourth-order valence-corrected chi connectivity index (χ4v) is 4.88. The van der Waals surface area contributed by atoms with Gasteiger partial charge in [0, 0.05) is 11.8 Å². The Labute approximate surface area is 195 Å². The molecule has 4 aromatic rings. The topological polar surface area (TPSA) is 90.7 Å². The zero-order chi connectivity index (χ0) is 23.0. The molecule has 0 unspecified atom stereocenters. The van der Waals surface area contributed by atoms with E-state index in [4.69, 9.17) is 25.5 Å². The van der Waals surface area contributed by atoms with Crippen LogP contribution in [0.1, 0.15) is 5.56 Å². The zero-order valence-corrected chi connectivity index (χ0v) is 19.1. The molecule has 1 aliphatic heterocycles. The average Bonchev–Trinajstić information content (AvgIpc) is 3.25. The predicted molar refractivity (Wildman–Crippen MR) is 124 cm³/mol. The van der Waals surface area contributed by atoms with Gasteiger partial charge in [-0.05, 0) is 43.3 Å². The monoisotopic (exact) mass is 482 g/mol. The van der Waals surface area contributed by atoms with E-state index in [2.05, 4.69) is 10.3 Å². The van der Waals surface area contributed by atoms with Gasteiger partial charge in [0.05, 0.1) is 15.5 Å². The highest BCUT2D eigenvalue weighted by molar-refractivity contribution is 7.91.